The molecule has 1 amide bonds. The number of rotatable bonds is 7. The molecule has 1 aliphatic rings. The van der Waals surface area contributed by atoms with Gasteiger partial charge in [0.05, 0.1) is 6.61 Å². The number of thiophene rings is 1. The highest BCUT2D eigenvalue weighted by atomic mass is 32.1. The average molecular weight is 427 g/mol. The van der Waals surface area contributed by atoms with Crippen molar-refractivity contribution in [3.8, 4) is 0 Å². The molecule has 0 atom stereocenters. The fourth-order valence-electron chi connectivity index (χ4n) is 3.36. The summed E-state index contributed by atoms with van der Waals surface area (Å²) in [6.07, 6.45) is 1.88. The standard InChI is InChI=1S/C23H23FN2O3S/c1-3-29-23(28)21-16(20-17(24)5-4-6-19(20)30-21)12-25-18-11-15(10-7-13(18)2)26-22(27)14-8-9-14/h4-7,10-11,14,25H,3,8-9,12H2,1-2H3,(H,26,27). The predicted octanol–water partition coefficient (Wildman–Crippen LogP) is 5.49. The molecule has 156 valence electrons. The van der Waals surface area contributed by atoms with Gasteiger partial charge in [-0.25, -0.2) is 9.18 Å². The summed E-state index contributed by atoms with van der Waals surface area (Å²) >= 11 is 1.24. The van der Waals surface area contributed by atoms with Crippen LogP contribution < -0.4 is 10.6 Å². The van der Waals surface area contributed by atoms with Gasteiger partial charge in [0.15, 0.2) is 0 Å². The number of nitrogens with one attached hydrogen (secondary N) is 2. The van der Waals surface area contributed by atoms with Gasteiger partial charge in [-0.1, -0.05) is 12.1 Å². The number of carbonyl (C=O) groups is 2. The monoisotopic (exact) mass is 426 g/mol. The summed E-state index contributed by atoms with van der Waals surface area (Å²) in [4.78, 5) is 24.9. The zero-order valence-corrected chi connectivity index (χ0v) is 17.7. The van der Waals surface area contributed by atoms with Gasteiger partial charge in [0.1, 0.15) is 10.7 Å². The highest BCUT2D eigenvalue weighted by Crippen LogP contribution is 2.35. The van der Waals surface area contributed by atoms with Crippen LogP contribution in [0.25, 0.3) is 10.1 Å². The Balaban J connectivity index is 1.62. The fraction of sp³-hybridized carbons (Fsp3) is 0.304. The number of aryl methyl sites for hydroxylation is 1. The van der Waals surface area contributed by atoms with E-state index in [1.165, 1.54) is 17.4 Å². The molecule has 1 heterocycles. The molecule has 3 aromatic rings. The first-order valence-electron chi connectivity index (χ1n) is 10.00. The van der Waals surface area contributed by atoms with Crippen molar-refractivity contribution in [2.45, 2.75) is 33.2 Å². The minimum atomic E-state index is -0.447. The van der Waals surface area contributed by atoms with E-state index in [-0.39, 0.29) is 30.8 Å². The van der Waals surface area contributed by atoms with Gasteiger partial charge in [0.25, 0.3) is 0 Å². The van der Waals surface area contributed by atoms with Crippen LogP contribution in [0, 0.1) is 18.7 Å². The Labute approximate surface area is 178 Å². The molecule has 0 aliphatic heterocycles. The molecule has 1 aliphatic carbocycles. The molecular weight excluding hydrogens is 403 g/mol. The maximum absolute atomic E-state index is 14.6. The summed E-state index contributed by atoms with van der Waals surface area (Å²) in [5.74, 6) is -0.648. The Morgan fingerprint density at radius 3 is 2.77 bits per heavy atom. The highest BCUT2D eigenvalue weighted by Gasteiger charge is 2.29. The molecule has 1 saturated carbocycles. The van der Waals surface area contributed by atoms with Crippen LogP contribution in [0.2, 0.25) is 0 Å². The molecule has 1 aromatic heterocycles. The molecule has 7 heteroatoms. The molecule has 0 unspecified atom stereocenters. The maximum atomic E-state index is 14.6. The molecule has 0 bridgehead atoms. The van der Waals surface area contributed by atoms with E-state index < -0.39 is 5.97 Å². The van der Waals surface area contributed by atoms with Crippen molar-refractivity contribution in [1.29, 1.82) is 0 Å². The minimum absolute atomic E-state index is 0.0419. The number of anilines is 2. The van der Waals surface area contributed by atoms with Crippen LogP contribution in [0.15, 0.2) is 36.4 Å². The quantitative estimate of drug-likeness (QED) is 0.491. The van der Waals surface area contributed by atoms with E-state index in [2.05, 4.69) is 10.6 Å². The number of esters is 1. The number of hydrogen-bond acceptors (Lipinski definition) is 5. The SMILES string of the molecule is CCOC(=O)c1sc2cccc(F)c2c1CNc1cc(NC(=O)C2CC2)ccc1C. The third-order valence-electron chi connectivity index (χ3n) is 5.13. The van der Waals surface area contributed by atoms with E-state index in [0.29, 0.717) is 26.2 Å². The zero-order chi connectivity index (χ0) is 21.3. The summed E-state index contributed by atoms with van der Waals surface area (Å²) in [5, 5.41) is 6.69. The Hall–Kier alpha value is -2.93. The fourth-order valence-corrected chi connectivity index (χ4v) is 4.49. The second kappa shape index (κ2) is 8.44. The first kappa shape index (κ1) is 20.3. The number of hydrogen-bond donors (Lipinski definition) is 2. The van der Waals surface area contributed by atoms with Crippen molar-refractivity contribution in [2.75, 3.05) is 17.2 Å². The largest absolute Gasteiger partial charge is 0.462 e. The number of ether oxygens (including phenoxy) is 1. The van der Waals surface area contributed by atoms with Crippen molar-refractivity contribution in [3.05, 3.63) is 58.2 Å². The van der Waals surface area contributed by atoms with Crippen LogP contribution in [0.3, 0.4) is 0 Å². The predicted molar refractivity (Wildman–Crippen MR) is 118 cm³/mol. The van der Waals surface area contributed by atoms with Crippen molar-refractivity contribution in [1.82, 2.24) is 0 Å². The lowest BCUT2D eigenvalue weighted by Gasteiger charge is -2.13. The Morgan fingerprint density at radius 2 is 2.03 bits per heavy atom. The smallest absolute Gasteiger partial charge is 0.348 e. The van der Waals surface area contributed by atoms with Gasteiger partial charge < -0.3 is 15.4 Å². The number of amides is 1. The molecule has 2 N–H and O–H groups in total. The van der Waals surface area contributed by atoms with E-state index in [1.54, 1.807) is 19.1 Å². The van der Waals surface area contributed by atoms with Crippen molar-refractivity contribution in [2.24, 2.45) is 5.92 Å². The summed E-state index contributed by atoms with van der Waals surface area (Å²) in [7, 11) is 0. The lowest BCUT2D eigenvalue weighted by Crippen LogP contribution is -2.13. The molecule has 0 saturated heterocycles. The van der Waals surface area contributed by atoms with E-state index in [0.717, 1.165) is 24.1 Å². The molecule has 5 nitrogen and oxygen atoms in total. The van der Waals surface area contributed by atoms with Gasteiger partial charge in [0, 0.05) is 39.5 Å². The van der Waals surface area contributed by atoms with E-state index in [1.807, 2.05) is 25.1 Å². The van der Waals surface area contributed by atoms with Crippen LogP contribution in [-0.2, 0) is 16.1 Å². The molecule has 4 rings (SSSR count). The van der Waals surface area contributed by atoms with Crippen LogP contribution in [0.5, 0.6) is 0 Å². The van der Waals surface area contributed by atoms with Crippen molar-refractivity contribution < 1.29 is 18.7 Å². The van der Waals surface area contributed by atoms with Crippen molar-refractivity contribution in [3.63, 3.8) is 0 Å². The van der Waals surface area contributed by atoms with E-state index >= 15 is 0 Å². The lowest BCUT2D eigenvalue weighted by atomic mass is 10.1. The number of fused-ring (bicyclic) bond motifs is 1. The molecular formula is C23H23FN2O3S. The van der Waals surface area contributed by atoms with Crippen LogP contribution in [0.4, 0.5) is 15.8 Å². The normalized spacial score (nSPS) is 13.3. The van der Waals surface area contributed by atoms with Gasteiger partial charge in [-0.2, -0.15) is 0 Å². The third-order valence-corrected chi connectivity index (χ3v) is 6.31. The van der Waals surface area contributed by atoms with E-state index in [9.17, 15) is 14.0 Å². The average Bonchev–Trinajstić information content (AvgIpc) is 3.50. The van der Waals surface area contributed by atoms with Crippen LogP contribution in [0.1, 0.15) is 40.6 Å². The topological polar surface area (TPSA) is 67.4 Å². The third kappa shape index (κ3) is 4.16. The van der Waals surface area contributed by atoms with Gasteiger partial charge >= 0.3 is 5.97 Å². The summed E-state index contributed by atoms with van der Waals surface area (Å²) < 4.78 is 20.5. The highest BCUT2D eigenvalue weighted by molar-refractivity contribution is 7.21. The molecule has 2 aromatic carbocycles. The maximum Gasteiger partial charge on any atom is 0.348 e. The van der Waals surface area contributed by atoms with Gasteiger partial charge in [-0.3, -0.25) is 4.79 Å². The second-order valence-electron chi connectivity index (χ2n) is 7.39. The summed E-state index contributed by atoms with van der Waals surface area (Å²) in [5.41, 5.74) is 3.09. The van der Waals surface area contributed by atoms with Crippen molar-refractivity contribution >= 4 is 44.7 Å². The number of benzene rings is 2. The molecule has 0 spiro atoms. The van der Waals surface area contributed by atoms with E-state index in [4.69, 9.17) is 4.74 Å². The first-order chi connectivity index (χ1) is 14.5. The Morgan fingerprint density at radius 1 is 1.23 bits per heavy atom. The van der Waals surface area contributed by atoms with Gasteiger partial charge in [0.2, 0.25) is 5.91 Å². The zero-order valence-electron chi connectivity index (χ0n) is 16.9. The molecule has 30 heavy (non-hydrogen) atoms. The second-order valence-corrected chi connectivity index (χ2v) is 8.44. The number of halogens is 1. The number of carbonyl (C=O) groups excluding carboxylic acids is 2. The molecule has 0 radical (unpaired) electrons. The van der Waals surface area contributed by atoms with Gasteiger partial charge in [-0.15, -0.1) is 11.3 Å². The van der Waals surface area contributed by atoms with Gasteiger partial charge in [-0.05, 0) is 56.5 Å². The minimum Gasteiger partial charge on any atom is -0.462 e. The first-order valence-corrected chi connectivity index (χ1v) is 10.8. The lowest BCUT2D eigenvalue weighted by molar-refractivity contribution is -0.117. The molecule has 1 fully saturated rings. The summed E-state index contributed by atoms with van der Waals surface area (Å²) in [6.45, 7) is 4.21. The summed E-state index contributed by atoms with van der Waals surface area (Å²) in [6, 6.07) is 10.5. The Kier molecular flexibility index (Phi) is 5.72. The van der Waals surface area contributed by atoms with Crippen LogP contribution >= 0.6 is 11.3 Å². The Bertz CT molecular complexity index is 1120. The van der Waals surface area contributed by atoms with Crippen LogP contribution in [-0.4, -0.2) is 18.5 Å².